The molecule has 0 aliphatic carbocycles. The Hall–Kier alpha value is -1.63. The lowest BCUT2D eigenvalue weighted by Crippen LogP contribution is -2.29. The summed E-state index contributed by atoms with van der Waals surface area (Å²) in [6, 6.07) is 8.91. The molecule has 0 saturated heterocycles. The van der Waals surface area contributed by atoms with Crippen LogP contribution in [-0.2, 0) is 15.8 Å². The maximum Gasteiger partial charge on any atom is 0.215 e. The van der Waals surface area contributed by atoms with E-state index in [1.165, 1.54) is 12.5 Å². The summed E-state index contributed by atoms with van der Waals surface area (Å²) < 4.78 is 31.1. The van der Waals surface area contributed by atoms with Gasteiger partial charge in [0.1, 0.15) is 0 Å². The molecule has 108 valence electrons. The first-order valence-electron chi connectivity index (χ1n) is 6.19. The molecule has 2 aromatic rings. The molecule has 5 nitrogen and oxygen atoms in total. The van der Waals surface area contributed by atoms with Gasteiger partial charge >= 0.3 is 0 Å². The van der Waals surface area contributed by atoms with Crippen molar-refractivity contribution in [1.82, 2.24) is 4.72 Å². The van der Waals surface area contributed by atoms with E-state index in [4.69, 9.17) is 4.42 Å². The van der Waals surface area contributed by atoms with Crippen molar-refractivity contribution in [3.63, 3.8) is 0 Å². The van der Waals surface area contributed by atoms with Crippen LogP contribution < -0.4 is 4.72 Å². The lowest BCUT2D eigenvalue weighted by Gasteiger charge is -2.11. The van der Waals surface area contributed by atoms with Crippen molar-refractivity contribution in [2.75, 3.05) is 6.54 Å². The molecule has 0 saturated carbocycles. The molecule has 0 fully saturated rings. The Balaban J connectivity index is 1.94. The second-order valence-electron chi connectivity index (χ2n) is 4.67. The van der Waals surface area contributed by atoms with Crippen molar-refractivity contribution >= 4 is 10.0 Å². The van der Waals surface area contributed by atoms with Crippen molar-refractivity contribution in [3.05, 3.63) is 59.5 Å². The largest absolute Gasteiger partial charge is 0.472 e. The molecule has 2 rings (SSSR count). The lowest BCUT2D eigenvalue weighted by molar-refractivity contribution is 0.181. The zero-order chi connectivity index (χ0) is 14.6. The van der Waals surface area contributed by atoms with Gasteiger partial charge in [0, 0.05) is 12.1 Å². The van der Waals surface area contributed by atoms with Gasteiger partial charge in [0.25, 0.3) is 0 Å². The highest BCUT2D eigenvalue weighted by Crippen LogP contribution is 2.13. The molecule has 1 unspecified atom stereocenters. The van der Waals surface area contributed by atoms with Gasteiger partial charge in [0.05, 0.1) is 24.4 Å². The summed E-state index contributed by atoms with van der Waals surface area (Å²) in [6.07, 6.45) is 1.90. The Kier molecular flexibility index (Phi) is 4.59. The normalized spacial score (nSPS) is 13.3. The van der Waals surface area contributed by atoms with Gasteiger partial charge in [-0.2, -0.15) is 0 Å². The zero-order valence-corrected chi connectivity index (χ0v) is 11.9. The minimum absolute atomic E-state index is 0.0757. The molecule has 1 aromatic heterocycles. The fourth-order valence-corrected chi connectivity index (χ4v) is 2.99. The number of rotatable bonds is 6. The number of hydrogen-bond donors (Lipinski definition) is 2. The van der Waals surface area contributed by atoms with E-state index in [1.807, 2.05) is 25.1 Å². The Morgan fingerprint density at radius 1 is 1.35 bits per heavy atom. The van der Waals surface area contributed by atoms with Crippen LogP contribution in [0.5, 0.6) is 0 Å². The summed E-state index contributed by atoms with van der Waals surface area (Å²) in [7, 11) is -3.48. The predicted molar refractivity (Wildman–Crippen MR) is 75.5 cm³/mol. The molecular formula is C14H17NO4S. The van der Waals surface area contributed by atoms with Gasteiger partial charge in [-0.25, -0.2) is 13.1 Å². The van der Waals surface area contributed by atoms with Crippen LogP contribution in [0.25, 0.3) is 0 Å². The molecule has 1 heterocycles. The fraction of sp³-hybridized carbons (Fsp3) is 0.286. The van der Waals surface area contributed by atoms with E-state index in [1.54, 1.807) is 12.1 Å². The third-order valence-electron chi connectivity index (χ3n) is 2.86. The van der Waals surface area contributed by atoms with Gasteiger partial charge in [0.2, 0.25) is 10.0 Å². The Morgan fingerprint density at radius 3 is 2.80 bits per heavy atom. The molecule has 20 heavy (non-hydrogen) atoms. The molecule has 0 aliphatic heterocycles. The lowest BCUT2D eigenvalue weighted by atomic mass is 10.2. The van der Waals surface area contributed by atoms with Crippen LogP contribution in [0, 0.1) is 6.92 Å². The quantitative estimate of drug-likeness (QED) is 0.850. The fourth-order valence-electron chi connectivity index (χ4n) is 1.86. The van der Waals surface area contributed by atoms with Crippen LogP contribution in [0.1, 0.15) is 22.8 Å². The summed E-state index contributed by atoms with van der Waals surface area (Å²) in [5.74, 6) is -0.104. The number of furan rings is 1. The van der Waals surface area contributed by atoms with Crippen molar-refractivity contribution in [2.24, 2.45) is 0 Å². The highest BCUT2D eigenvalue weighted by molar-refractivity contribution is 7.88. The van der Waals surface area contributed by atoms with Gasteiger partial charge in [-0.05, 0) is 18.6 Å². The first kappa shape index (κ1) is 14.8. The molecule has 6 heteroatoms. The van der Waals surface area contributed by atoms with E-state index in [0.717, 1.165) is 11.1 Å². The molecule has 1 atom stereocenters. The first-order valence-corrected chi connectivity index (χ1v) is 7.84. The standard InChI is InChI=1S/C14H17NO4S/c1-11-3-2-4-12(7-11)10-20(17,18)15-8-14(16)13-5-6-19-9-13/h2-7,9,14-16H,8,10H2,1H3. The van der Waals surface area contributed by atoms with Gasteiger partial charge in [-0.1, -0.05) is 29.8 Å². The summed E-state index contributed by atoms with van der Waals surface area (Å²) in [5, 5.41) is 9.80. The smallest absolute Gasteiger partial charge is 0.215 e. The molecule has 1 aromatic carbocycles. The average molecular weight is 295 g/mol. The van der Waals surface area contributed by atoms with Gasteiger partial charge in [-0.3, -0.25) is 0 Å². The maximum absolute atomic E-state index is 11.9. The number of aryl methyl sites for hydroxylation is 1. The summed E-state index contributed by atoms with van der Waals surface area (Å²) in [4.78, 5) is 0. The van der Waals surface area contributed by atoms with Crippen molar-refractivity contribution in [2.45, 2.75) is 18.8 Å². The predicted octanol–water partition coefficient (Wildman–Crippen LogP) is 1.74. The number of aliphatic hydroxyl groups excluding tert-OH is 1. The van der Waals surface area contributed by atoms with E-state index < -0.39 is 16.1 Å². The SMILES string of the molecule is Cc1cccc(CS(=O)(=O)NCC(O)c2ccoc2)c1. The number of sulfonamides is 1. The summed E-state index contributed by atoms with van der Waals surface area (Å²) in [5.41, 5.74) is 2.27. The molecule has 0 aliphatic rings. The molecular weight excluding hydrogens is 278 g/mol. The van der Waals surface area contributed by atoms with Gasteiger partial charge in [-0.15, -0.1) is 0 Å². The number of benzene rings is 1. The van der Waals surface area contributed by atoms with E-state index in [-0.39, 0.29) is 12.3 Å². The minimum atomic E-state index is -3.48. The van der Waals surface area contributed by atoms with Crippen LogP contribution in [0.4, 0.5) is 0 Å². The number of aliphatic hydroxyl groups is 1. The van der Waals surface area contributed by atoms with Gasteiger partial charge < -0.3 is 9.52 Å². The van der Waals surface area contributed by atoms with Crippen molar-refractivity contribution < 1.29 is 17.9 Å². The highest BCUT2D eigenvalue weighted by Gasteiger charge is 2.15. The average Bonchev–Trinajstić information content (AvgIpc) is 2.89. The maximum atomic E-state index is 11.9. The van der Waals surface area contributed by atoms with Crippen LogP contribution in [0.3, 0.4) is 0 Å². The first-order chi connectivity index (χ1) is 9.46. The third-order valence-corrected chi connectivity index (χ3v) is 4.18. The van der Waals surface area contributed by atoms with Crippen molar-refractivity contribution in [1.29, 1.82) is 0 Å². The Morgan fingerprint density at radius 2 is 2.15 bits per heavy atom. The van der Waals surface area contributed by atoms with E-state index in [0.29, 0.717) is 5.56 Å². The van der Waals surface area contributed by atoms with Crippen LogP contribution in [0.15, 0.2) is 47.3 Å². The van der Waals surface area contributed by atoms with Gasteiger partial charge in [0.15, 0.2) is 0 Å². The molecule has 0 spiro atoms. The Labute approximate surface area is 118 Å². The van der Waals surface area contributed by atoms with E-state index in [2.05, 4.69) is 4.72 Å². The molecule has 0 radical (unpaired) electrons. The topological polar surface area (TPSA) is 79.5 Å². The molecule has 0 amide bonds. The monoisotopic (exact) mass is 295 g/mol. The second kappa shape index (κ2) is 6.21. The van der Waals surface area contributed by atoms with Crippen LogP contribution in [-0.4, -0.2) is 20.1 Å². The molecule has 0 bridgehead atoms. The number of hydrogen-bond acceptors (Lipinski definition) is 4. The highest BCUT2D eigenvalue weighted by atomic mass is 32.2. The third kappa shape index (κ3) is 4.19. The minimum Gasteiger partial charge on any atom is -0.472 e. The second-order valence-corrected chi connectivity index (χ2v) is 6.48. The van der Waals surface area contributed by atoms with Crippen molar-refractivity contribution in [3.8, 4) is 0 Å². The number of nitrogens with one attached hydrogen (secondary N) is 1. The Bertz CT molecular complexity index is 650. The summed E-state index contributed by atoms with van der Waals surface area (Å²) in [6.45, 7) is 1.83. The van der Waals surface area contributed by atoms with E-state index >= 15 is 0 Å². The van der Waals surface area contributed by atoms with Crippen LogP contribution in [0.2, 0.25) is 0 Å². The molecule has 2 N–H and O–H groups in total. The zero-order valence-electron chi connectivity index (χ0n) is 11.1. The van der Waals surface area contributed by atoms with Crippen LogP contribution >= 0.6 is 0 Å². The van der Waals surface area contributed by atoms with E-state index in [9.17, 15) is 13.5 Å². The summed E-state index contributed by atoms with van der Waals surface area (Å²) >= 11 is 0.